The Morgan fingerprint density at radius 1 is 1.35 bits per heavy atom. The largest absolute Gasteiger partial charge is 0.464 e. The first-order valence-electron chi connectivity index (χ1n) is 7.01. The van der Waals surface area contributed by atoms with Gasteiger partial charge in [-0.1, -0.05) is 12.8 Å². The fourth-order valence-corrected chi connectivity index (χ4v) is 2.67. The molecule has 1 saturated carbocycles. The molecule has 2 atom stereocenters. The molecule has 0 amide bonds. The molecule has 1 aromatic rings. The molecule has 0 aliphatic heterocycles. The molecule has 1 fully saturated rings. The van der Waals surface area contributed by atoms with Gasteiger partial charge in [0, 0.05) is 13.2 Å². The number of hydrogen-bond donors (Lipinski definition) is 2. The van der Waals surface area contributed by atoms with E-state index in [2.05, 4.69) is 20.3 Å². The van der Waals surface area contributed by atoms with Gasteiger partial charge in [-0.05, 0) is 36.8 Å². The number of nitrogens with one attached hydrogen (secondary N) is 1. The average molecular weight is 279 g/mol. The van der Waals surface area contributed by atoms with Gasteiger partial charge in [-0.15, -0.1) is 10.2 Å². The molecular formula is C14H21N3O3. The van der Waals surface area contributed by atoms with E-state index >= 15 is 0 Å². The summed E-state index contributed by atoms with van der Waals surface area (Å²) >= 11 is 0. The van der Waals surface area contributed by atoms with Crippen LogP contribution in [0.2, 0.25) is 0 Å². The van der Waals surface area contributed by atoms with Crippen molar-refractivity contribution in [3.8, 4) is 0 Å². The summed E-state index contributed by atoms with van der Waals surface area (Å²) in [5.74, 6) is 0.992. The molecule has 6 heteroatoms. The van der Waals surface area contributed by atoms with Crippen molar-refractivity contribution in [2.24, 2.45) is 11.8 Å². The lowest BCUT2D eigenvalue weighted by Crippen LogP contribution is -2.28. The minimum absolute atomic E-state index is 0.198. The minimum atomic E-state index is -0.489. The summed E-state index contributed by atoms with van der Waals surface area (Å²) in [4.78, 5) is 11.2. The number of nitrogens with zero attached hydrogens (tertiary/aromatic N) is 2. The molecule has 2 unspecified atom stereocenters. The van der Waals surface area contributed by atoms with Gasteiger partial charge in [-0.3, -0.25) is 0 Å². The summed E-state index contributed by atoms with van der Waals surface area (Å²) < 4.78 is 4.57. The highest BCUT2D eigenvalue weighted by Crippen LogP contribution is 2.29. The highest BCUT2D eigenvalue weighted by molar-refractivity contribution is 5.86. The maximum atomic E-state index is 11.2. The minimum Gasteiger partial charge on any atom is -0.464 e. The zero-order chi connectivity index (χ0) is 14.4. The Labute approximate surface area is 118 Å². The fourth-order valence-electron chi connectivity index (χ4n) is 2.67. The number of esters is 1. The number of aromatic nitrogens is 2. The first kappa shape index (κ1) is 14.7. The number of carbonyl (C=O) groups is 1. The van der Waals surface area contributed by atoms with E-state index in [4.69, 9.17) is 0 Å². The number of anilines is 1. The number of rotatable bonds is 5. The number of hydrogen-bond acceptors (Lipinski definition) is 6. The van der Waals surface area contributed by atoms with Crippen LogP contribution in [0.5, 0.6) is 0 Å². The van der Waals surface area contributed by atoms with Crippen LogP contribution in [0, 0.1) is 11.8 Å². The van der Waals surface area contributed by atoms with Crippen molar-refractivity contribution < 1.29 is 14.6 Å². The highest BCUT2D eigenvalue weighted by atomic mass is 16.5. The van der Waals surface area contributed by atoms with Gasteiger partial charge in [0.1, 0.15) is 5.82 Å². The van der Waals surface area contributed by atoms with Gasteiger partial charge in [0.25, 0.3) is 0 Å². The Morgan fingerprint density at radius 3 is 2.70 bits per heavy atom. The Balaban J connectivity index is 1.88. The molecule has 0 aromatic carbocycles. The first-order chi connectivity index (χ1) is 9.74. The van der Waals surface area contributed by atoms with E-state index in [0.717, 1.165) is 19.4 Å². The number of aliphatic hydroxyl groups excluding tert-OH is 1. The third kappa shape index (κ3) is 3.66. The summed E-state index contributed by atoms with van der Waals surface area (Å²) in [6, 6.07) is 3.31. The predicted octanol–water partition coefficient (Wildman–Crippen LogP) is 1.47. The Bertz CT molecular complexity index is 436. The SMILES string of the molecule is COC(=O)c1ccc(NCC2CCCCC2CO)nn1. The smallest absolute Gasteiger partial charge is 0.358 e. The summed E-state index contributed by atoms with van der Waals surface area (Å²) in [6.07, 6.45) is 4.65. The van der Waals surface area contributed by atoms with Gasteiger partial charge in [-0.25, -0.2) is 4.79 Å². The molecule has 2 rings (SSSR count). The highest BCUT2D eigenvalue weighted by Gasteiger charge is 2.24. The van der Waals surface area contributed by atoms with Crippen LogP contribution in [-0.2, 0) is 4.74 Å². The third-order valence-electron chi connectivity index (χ3n) is 3.91. The maximum absolute atomic E-state index is 11.2. The van der Waals surface area contributed by atoms with Crippen molar-refractivity contribution in [1.29, 1.82) is 0 Å². The Hall–Kier alpha value is -1.69. The van der Waals surface area contributed by atoms with E-state index in [9.17, 15) is 9.90 Å². The van der Waals surface area contributed by atoms with E-state index < -0.39 is 5.97 Å². The van der Waals surface area contributed by atoms with Crippen LogP contribution in [0.1, 0.15) is 36.2 Å². The van der Waals surface area contributed by atoms with Crippen LogP contribution in [0.15, 0.2) is 12.1 Å². The predicted molar refractivity (Wildman–Crippen MR) is 74.4 cm³/mol. The van der Waals surface area contributed by atoms with Crippen LogP contribution in [0.4, 0.5) is 5.82 Å². The van der Waals surface area contributed by atoms with Gasteiger partial charge in [-0.2, -0.15) is 0 Å². The average Bonchev–Trinajstić information content (AvgIpc) is 2.53. The zero-order valence-electron chi connectivity index (χ0n) is 11.7. The van der Waals surface area contributed by atoms with Gasteiger partial charge in [0.2, 0.25) is 0 Å². The van der Waals surface area contributed by atoms with E-state index in [1.165, 1.54) is 20.0 Å². The van der Waals surface area contributed by atoms with E-state index in [0.29, 0.717) is 17.7 Å². The molecule has 1 aliphatic rings. The lowest BCUT2D eigenvalue weighted by molar-refractivity contribution is 0.0592. The molecule has 0 bridgehead atoms. The molecule has 6 nitrogen and oxygen atoms in total. The van der Waals surface area contributed by atoms with Gasteiger partial charge >= 0.3 is 5.97 Å². The molecule has 1 heterocycles. The zero-order valence-corrected chi connectivity index (χ0v) is 11.7. The lowest BCUT2D eigenvalue weighted by Gasteiger charge is -2.30. The normalized spacial score (nSPS) is 22.3. The first-order valence-corrected chi connectivity index (χ1v) is 7.01. The van der Waals surface area contributed by atoms with Crippen LogP contribution in [0.25, 0.3) is 0 Å². The molecule has 0 spiro atoms. The quantitative estimate of drug-likeness (QED) is 0.794. The molecule has 2 N–H and O–H groups in total. The molecule has 110 valence electrons. The molecular weight excluding hydrogens is 258 g/mol. The van der Waals surface area contributed by atoms with Crippen molar-refractivity contribution in [3.63, 3.8) is 0 Å². The number of carbonyl (C=O) groups excluding carboxylic acids is 1. The maximum Gasteiger partial charge on any atom is 0.358 e. The number of methoxy groups -OCH3 is 1. The van der Waals surface area contributed by atoms with Crippen molar-refractivity contribution in [1.82, 2.24) is 10.2 Å². The van der Waals surface area contributed by atoms with Gasteiger partial charge in [0.05, 0.1) is 7.11 Å². The van der Waals surface area contributed by atoms with E-state index in [-0.39, 0.29) is 12.3 Å². The monoisotopic (exact) mass is 279 g/mol. The van der Waals surface area contributed by atoms with Crippen molar-refractivity contribution in [2.75, 3.05) is 25.6 Å². The number of ether oxygens (including phenoxy) is 1. The summed E-state index contributed by atoms with van der Waals surface area (Å²) in [6.45, 7) is 1.02. The summed E-state index contributed by atoms with van der Waals surface area (Å²) in [5, 5.41) is 20.4. The van der Waals surface area contributed by atoms with Crippen molar-refractivity contribution in [3.05, 3.63) is 17.8 Å². The standard InChI is InChI=1S/C14H21N3O3/c1-20-14(19)12-6-7-13(17-16-12)15-8-10-4-2-3-5-11(10)9-18/h6-7,10-11,18H,2-5,8-9H2,1H3,(H,15,17). The second-order valence-corrected chi connectivity index (χ2v) is 5.16. The van der Waals surface area contributed by atoms with Crippen LogP contribution in [0.3, 0.4) is 0 Å². The van der Waals surface area contributed by atoms with Crippen molar-refractivity contribution >= 4 is 11.8 Å². The Kier molecular flexibility index (Phi) is 5.29. The molecule has 0 radical (unpaired) electrons. The van der Waals surface area contributed by atoms with Gasteiger partial charge in [0.15, 0.2) is 5.69 Å². The van der Waals surface area contributed by atoms with E-state index in [1.807, 2.05) is 0 Å². The van der Waals surface area contributed by atoms with E-state index in [1.54, 1.807) is 12.1 Å². The topological polar surface area (TPSA) is 84.3 Å². The Morgan fingerprint density at radius 2 is 2.10 bits per heavy atom. The summed E-state index contributed by atoms with van der Waals surface area (Å²) in [7, 11) is 1.31. The van der Waals surface area contributed by atoms with Crippen molar-refractivity contribution in [2.45, 2.75) is 25.7 Å². The van der Waals surface area contributed by atoms with Crippen LogP contribution >= 0.6 is 0 Å². The summed E-state index contributed by atoms with van der Waals surface area (Å²) in [5.41, 5.74) is 0.198. The molecule has 1 aromatic heterocycles. The molecule has 20 heavy (non-hydrogen) atoms. The molecule has 1 aliphatic carbocycles. The number of aliphatic hydroxyl groups is 1. The second-order valence-electron chi connectivity index (χ2n) is 5.16. The fraction of sp³-hybridized carbons (Fsp3) is 0.643. The van der Waals surface area contributed by atoms with Gasteiger partial charge < -0.3 is 15.2 Å². The van der Waals surface area contributed by atoms with Crippen LogP contribution < -0.4 is 5.32 Å². The lowest BCUT2D eigenvalue weighted by atomic mass is 9.79. The van der Waals surface area contributed by atoms with Crippen LogP contribution in [-0.4, -0.2) is 41.5 Å². The second kappa shape index (κ2) is 7.19. The molecule has 0 saturated heterocycles. The third-order valence-corrected chi connectivity index (χ3v) is 3.91.